The molecule has 166 valence electrons. The number of likely N-dealkylation sites (N-methyl/N-ethyl adjacent to an activating group) is 1. The average molecular weight is 448 g/mol. The minimum absolute atomic E-state index is 0.0189. The van der Waals surface area contributed by atoms with Gasteiger partial charge < -0.3 is 19.5 Å². The number of esters is 1. The molecule has 0 aromatic heterocycles. The molecular formula is C21H24N2O7S. The Labute approximate surface area is 181 Å². The van der Waals surface area contributed by atoms with Crippen LogP contribution >= 0.6 is 0 Å². The van der Waals surface area contributed by atoms with Gasteiger partial charge in [-0.25, -0.2) is 13.2 Å². The zero-order valence-electron chi connectivity index (χ0n) is 17.3. The summed E-state index contributed by atoms with van der Waals surface area (Å²) in [6.07, 6.45) is 0.711. The van der Waals surface area contributed by atoms with E-state index in [9.17, 15) is 18.0 Å². The Morgan fingerprint density at radius 3 is 2.42 bits per heavy atom. The van der Waals surface area contributed by atoms with E-state index in [1.165, 1.54) is 26.3 Å². The fourth-order valence-electron chi connectivity index (χ4n) is 2.90. The van der Waals surface area contributed by atoms with Crippen molar-refractivity contribution >= 4 is 21.9 Å². The number of carbonyl (C=O) groups excluding carboxylic acids is 2. The van der Waals surface area contributed by atoms with E-state index >= 15 is 0 Å². The summed E-state index contributed by atoms with van der Waals surface area (Å²) in [7, 11) is -1.26. The standard InChI is InChI=1S/C21H24N2O7S/c1-23(14-20(24)22-13-15-4-6-16(7-5-15)21(25)28-2)31(26,27)17-8-9-18-19(12-17)30-11-3-10-29-18/h4-9,12H,3,10-11,13-14H2,1-2H3,(H,22,24). The van der Waals surface area contributed by atoms with Crippen LogP contribution in [0.2, 0.25) is 0 Å². The molecule has 0 radical (unpaired) electrons. The number of fused-ring (bicyclic) bond motifs is 1. The highest BCUT2D eigenvalue weighted by atomic mass is 32.2. The van der Waals surface area contributed by atoms with Gasteiger partial charge in [0.1, 0.15) is 0 Å². The molecule has 1 amide bonds. The van der Waals surface area contributed by atoms with Crippen molar-refractivity contribution in [1.29, 1.82) is 0 Å². The molecule has 31 heavy (non-hydrogen) atoms. The fraction of sp³-hybridized carbons (Fsp3) is 0.333. The largest absolute Gasteiger partial charge is 0.490 e. The van der Waals surface area contributed by atoms with Crippen LogP contribution in [0.4, 0.5) is 0 Å². The van der Waals surface area contributed by atoms with Crippen LogP contribution in [0.25, 0.3) is 0 Å². The van der Waals surface area contributed by atoms with E-state index in [4.69, 9.17) is 9.47 Å². The molecule has 1 N–H and O–H groups in total. The molecule has 0 saturated heterocycles. The Balaban J connectivity index is 1.59. The molecule has 10 heteroatoms. The molecule has 1 heterocycles. The van der Waals surface area contributed by atoms with Gasteiger partial charge in [0.2, 0.25) is 15.9 Å². The molecule has 0 saturated carbocycles. The molecular weight excluding hydrogens is 424 g/mol. The van der Waals surface area contributed by atoms with Gasteiger partial charge in [-0.15, -0.1) is 0 Å². The first-order chi connectivity index (χ1) is 14.8. The van der Waals surface area contributed by atoms with Crippen molar-refractivity contribution in [2.75, 3.05) is 33.9 Å². The summed E-state index contributed by atoms with van der Waals surface area (Å²) in [5.74, 6) is -0.0449. The molecule has 2 aromatic carbocycles. The third kappa shape index (κ3) is 5.53. The number of methoxy groups -OCH3 is 1. The van der Waals surface area contributed by atoms with E-state index in [0.29, 0.717) is 36.7 Å². The lowest BCUT2D eigenvalue weighted by atomic mass is 10.1. The maximum absolute atomic E-state index is 12.8. The van der Waals surface area contributed by atoms with Gasteiger partial charge in [0, 0.05) is 26.1 Å². The quantitative estimate of drug-likeness (QED) is 0.640. The van der Waals surface area contributed by atoms with E-state index in [1.807, 2.05) is 0 Å². The highest BCUT2D eigenvalue weighted by Crippen LogP contribution is 2.32. The van der Waals surface area contributed by atoms with Crippen LogP contribution in [0, 0.1) is 0 Å². The van der Waals surface area contributed by atoms with Crippen molar-refractivity contribution < 1.29 is 32.2 Å². The van der Waals surface area contributed by atoms with Crippen molar-refractivity contribution in [2.24, 2.45) is 0 Å². The molecule has 1 aliphatic rings. The minimum atomic E-state index is -3.89. The number of nitrogens with one attached hydrogen (secondary N) is 1. The number of hydrogen-bond donors (Lipinski definition) is 1. The van der Waals surface area contributed by atoms with Crippen LogP contribution in [0.3, 0.4) is 0 Å². The summed E-state index contributed by atoms with van der Waals surface area (Å²) in [4.78, 5) is 23.7. The smallest absolute Gasteiger partial charge is 0.337 e. The van der Waals surface area contributed by atoms with Gasteiger partial charge in [-0.05, 0) is 29.8 Å². The van der Waals surface area contributed by atoms with Crippen molar-refractivity contribution in [3.8, 4) is 11.5 Å². The summed E-state index contributed by atoms with van der Waals surface area (Å²) < 4.78 is 42.4. The second-order valence-electron chi connectivity index (χ2n) is 6.89. The number of sulfonamides is 1. The highest BCUT2D eigenvalue weighted by molar-refractivity contribution is 7.89. The number of amides is 1. The Hall–Kier alpha value is -3.11. The molecule has 0 aliphatic carbocycles. The summed E-state index contributed by atoms with van der Waals surface area (Å²) in [5.41, 5.74) is 1.16. The van der Waals surface area contributed by atoms with Gasteiger partial charge in [0.25, 0.3) is 0 Å². The SMILES string of the molecule is COC(=O)c1ccc(CNC(=O)CN(C)S(=O)(=O)c2ccc3c(c2)OCCCO3)cc1. The molecule has 0 unspecified atom stereocenters. The zero-order valence-corrected chi connectivity index (χ0v) is 18.1. The van der Waals surface area contributed by atoms with E-state index < -0.39 is 21.9 Å². The van der Waals surface area contributed by atoms with Crippen molar-refractivity contribution in [3.63, 3.8) is 0 Å². The van der Waals surface area contributed by atoms with Crippen LogP contribution in [0.5, 0.6) is 11.5 Å². The van der Waals surface area contributed by atoms with Crippen LogP contribution in [0.15, 0.2) is 47.4 Å². The van der Waals surface area contributed by atoms with E-state index in [1.54, 1.807) is 30.3 Å². The number of ether oxygens (including phenoxy) is 3. The molecule has 2 aromatic rings. The third-order valence-corrected chi connectivity index (χ3v) is 6.46. The number of nitrogens with zero attached hydrogens (tertiary/aromatic N) is 1. The lowest BCUT2D eigenvalue weighted by Gasteiger charge is -2.18. The highest BCUT2D eigenvalue weighted by Gasteiger charge is 2.25. The first-order valence-electron chi connectivity index (χ1n) is 9.61. The molecule has 0 spiro atoms. The van der Waals surface area contributed by atoms with Crippen LogP contribution in [-0.4, -0.2) is 58.5 Å². The van der Waals surface area contributed by atoms with Crippen LogP contribution in [-0.2, 0) is 26.1 Å². The number of carbonyl (C=O) groups is 2. The maximum Gasteiger partial charge on any atom is 0.337 e. The lowest BCUT2D eigenvalue weighted by Crippen LogP contribution is -2.38. The minimum Gasteiger partial charge on any atom is -0.490 e. The molecule has 0 atom stereocenters. The second-order valence-corrected chi connectivity index (χ2v) is 8.93. The third-order valence-electron chi connectivity index (χ3n) is 4.66. The van der Waals surface area contributed by atoms with Gasteiger partial charge in [0.15, 0.2) is 11.5 Å². The zero-order chi connectivity index (χ0) is 22.4. The van der Waals surface area contributed by atoms with Crippen molar-refractivity contribution in [1.82, 2.24) is 9.62 Å². The average Bonchev–Trinajstić information content (AvgIpc) is 3.02. The molecule has 3 rings (SSSR count). The monoisotopic (exact) mass is 448 g/mol. The summed E-state index contributed by atoms with van der Waals surface area (Å²) in [6, 6.07) is 10.9. The van der Waals surface area contributed by atoms with Gasteiger partial charge in [-0.1, -0.05) is 12.1 Å². The Morgan fingerprint density at radius 1 is 1.06 bits per heavy atom. The van der Waals surface area contributed by atoms with Crippen LogP contribution in [0.1, 0.15) is 22.3 Å². The molecule has 0 fully saturated rings. The van der Waals surface area contributed by atoms with E-state index in [0.717, 1.165) is 9.87 Å². The van der Waals surface area contributed by atoms with E-state index in [-0.39, 0.29) is 18.0 Å². The van der Waals surface area contributed by atoms with Gasteiger partial charge in [-0.2, -0.15) is 4.31 Å². The molecule has 9 nitrogen and oxygen atoms in total. The Morgan fingerprint density at radius 2 is 1.74 bits per heavy atom. The predicted molar refractivity (Wildman–Crippen MR) is 111 cm³/mol. The summed E-state index contributed by atoms with van der Waals surface area (Å²) in [6.45, 7) is 0.787. The van der Waals surface area contributed by atoms with Crippen LogP contribution < -0.4 is 14.8 Å². The van der Waals surface area contributed by atoms with Gasteiger partial charge >= 0.3 is 5.97 Å². The lowest BCUT2D eigenvalue weighted by molar-refractivity contribution is -0.121. The summed E-state index contributed by atoms with van der Waals surface area (Å²) in [5, 5.41) is 2.67. The first kappa shape index (κ1) is 22.6. The number of hydrogen-bond acceptors (Lipinski definition) is 7. The molecule has 1 aliphatic heterocycles. The maximum atomic E-state index is 12.8. The predicted octanol–water partition coefficient (Wildman–Crippen LogP) is 1.57. The number of rotatable bonds is 7. The molecule has 0 bridgehead atoms. The Kier molecular flexibility index (Phi) is 7.13. The van der Waals surface area contributed by atoms with Gasteiger partial charge in [0.05, 0.1) is 37.3 Å². The van der Waals surface area contributed by atoms with Crippen molar-refractivity contribution in [2.45, 2.75) is 17.9 Å². The summed E-state index contributed by atoms with van der Waals surface area (Å²) >= 11 is 0. The normalized spacial score (nSPS) is 13.4. The van der Waals surface area contributed by atoms with Crippen molar-refractivity contribution in [3.05, 3.63) is 53.6 Å². The Bertz CT molecular complexity index is 1050. The van der Waals surface area contributed by atoms with Gasteiger partial charge in [-0.3, -0.25) is 4.79 Å². The number of benzene rings is 2. The second kappa shape index (κ2) is 9.80. The van der Waals surface area contributed by atoms with E-state index in [2.05, 4.69) is 10.1 Å². The fourth-order valence-corrected chi connectivity index (χ4v) is 4.05. The first-order valence-corrected chi connectivity index (χ1v) is 11.0. The topological polar surface area (TPSA) is 111 Å².